The first-order valence-electron chi connectivity index (χ1n) is 4.47. The van der Waals surface area contributed by atoms with Gasteiger partial charge in [-0.2, -0.15) is 0 Å². The van der Waals surface area contributed by atoms with E-state index in [1.165, 1.54) is 6.20 Å². The van der Waals surface area contributed by atoms with Crippen LogP contribution in [0.1, 0.15) is 17.0 Å². The molecule has 0 atom stereocenters. The largest absolute Gasteiger partial charge is 0.375 e. The van der Waals surface area contributed by atoms with E-state index in [4.69, 9.17) is 0 Å². The van der Waals surface area contributed by atoms with Crippen molar-refractivity contribution in [3.8, 4) is 0 Å². The van der Waals surface area contributed by atoms with E-state index in [2.05, 4.69) is 9.72 Å². The topological polar surface area (TPSA) is 44.1 Å². The van der Waals surface area contributed by atoms with Gasteiger partial charge in [0.2, 0.25) is 5.78 Å². The molecule has 0 amide bonds. The van der Waals surface area contributed by atoms with Crippen LogP contribution in [-0.4, -0.2) is 35.0 Å². The molecule has 0 bridgehead atoms. The molecule has 0 aliphatic rings. The molecule has 84 valence electrons. The van der Waals surface area contributed by atoms with Gasteiger partial charge in [-0.1, -0.05) is 0 Å². The number of rotatable bonds is 6. The Morgan fingerprint density at radius 1 is 1.67 bits per heavy atom. The van der Waals surface area contributed by atoms with Gasteiger partial charge in [-0.3, -0.25) is 4.79 Å². The summed E-state index contributed by atoms with van der Waals surface area (Å²) in [5, 5.41) is 0. The molecule has 0 saturated carbocycles. The van der Waals surface area contributed by atoms with Crippen molar-refractivity contribution in [3.63, 3.8) is 0 Å². The fourth-order valence-electron chi connectivity index (χ4n) is 1.08. The monoisotopic (exact) mass is 218 g/mol. The van der Waals surface area contributed by atoms with E-state index in [1.54, 1.807) is 17.8 Å². The molecule has 1 aromatic rings. The first kappa shape index (κ1) is 11.8. The third kappa shape index (κ3) is 3.75. The molecular weight excluding hydrogens is 206 g/mol. The maximum absolute atomic E-state index is 11.7. The summed E-state index contributed by atoms with van der Waals surface area (Å²) in [6.07, 6.45) is 0.728. The van der Waals surface area contributed by atoms with Gasteiger partial charge in [0.25, 0.3) is 6.43 Å². The van der Waals surface area contributed by atoms with Crippen LogP contribution in [0.15, 0.2) is 12.4 Å². The predicted octanol–water partition coefficient (Wildman–Crippen LogP) is 1.27. The Balaban J connectivity index is 2.28. The zero-order chi connectivity index (χ0) is 11.3. The van der Waals surface area contributed by atoms with Gasteiger partial charge < -0.3 is 9.30 Å². The minimum absolute atomic E-state index is 0.00394. The van der Waals surface area contributed by atoms with E-state index >= 15 is 0 Å². The molecule has 15 heavy (non-hydrogen) atoms. The molecule has 0 spiro atoms. The average Bonchev–Trinajstić information content (AvgIpc) is 2.58. The van der Waals surface area contributed by atoms with E-state index in [-0.39, 0.29) is 18.8 Å². The average molecular weight is 218 g/mol. The maximum Gasteiger partial charge on any atom is 0.261 e. The van der Waals surface area contributed by atoms with Gasteiger partial charge in [-0.05, 0) is 0 Å². The van der Waals surface area contributed by atoms with Crippen molar-refractivity contribution < 1.29 is 18.3 Å². The molecule has 1 heterocycles. The van der Waals surface area contributed by atoms with E-state index in [0.29, 0.717) is 5.82 Å². The Bertz CT molecular complexity index is 326. The number of imidazole rings is 1. The third-order valence-corrected chi connectivity index (χ3v) is 1.79. The van der Waals surface area contributed by atoms with Crippen LogP contribution in [0.5, 0.6) is 0 Å². The Kier molecular flexibility index (Phi) is 4.36. The summed E-state index contributed by atoms with van der Waals surface area (Å²) in [5.41, 5.74) is 0. The molecule has 0 aromatic carbocycles. The van der Waals surface area contributed by atoms with Crippen molar-refractivity contribution in [3.05, 3.63) is 18.2 Å². The minimum atomic E-state index is -2.49. The zero-order valence-electron chi connectivity index (χ0n) is 8.32. The fraction of sp³-hybridized carbons (Fsp3) is 0.556. The van der Waals surface area contributed by atoms with Gasteiger partial charge in [0.1, 0.15) is 6.61 Å². The SMILES string of the molecule is Cn1ccnc1C(=O)CCOCC(F)F. The maximum atomic E-state index is 11.7. The lowest BCUT2D eigenvalue weighted by Crippen LogP contribution is -2.12. The highest BCUT2D eigenvalue weighted by Gasteiger charge is 2.11. The van der Waals surface area contributed by atoms with E-state index < -0.39 is 13.0 Å². The lowest BCUT2D eigenvalue weighted by atomic mass is 10.3. The number of ether oxygens (including phenoxy) is 1. The van der Waals surface area contributed by atoms with Gasteiger partial charge in [-0.25, -0.2) is 13.8 Å². The molecule has 0 radical (unpaired) electrons. The fourth-order valence-corrected chi connectivity index (χ4v) is 1.08. The van der Waals surface area contributed by atoms with Crippen LogP contribution in [0.4, 0.5) is 8.78 Å². The van der Waals surface area contributed by atoms with Crippen LogP contribution in [0.2, 0.25) is 0 Å². The van der Waals surface area contributed by atoms with Gasteiger partial charge in [-0.15, -0.1) is 0 Å². The molecule has 1 rings (SSSR count). The van der Waals surface area contributed by atoms with E-state index in [0.717, 1.165) is 0 Å². The number of hydrogen-bond donors (Lipinski definition) is 0. The van der Waals surface area contributed by atoms with Crippen molar-refractivity contribution >= 4 is 5.78 Å². The van der Waals surface area contributed by atoms with Crippen molar-refractivity contribution in [1.29, 1.82) is 0 Å². The number of halogens is 2. The molecular formula is C9H12F2N2O2. The van der Waals surface area contributed by atoms with E-state index in [9.17, 15) is 13.6 Å². The third-order valence-electron chi connectivity index (χ3n) is 1.79. The molecule has 4 nitrogen and oxygen atoms in total. The standard InChI is InChI=1S/C9H12F2N2O2/c1-13-4-3-12-9(13)7(14)2-5-15-6-8(10)11/h3-4,8H,2,5-6H2,1H3. The highest BCUT2D eigenvalue weighted by Crippen LogP contribution is 2.00. The van der Waals surface area contributed by atoms with Crippen molar-refractivity contribution in [2.75, 3.05) is 13.2 Å². The molecule has 1 aromatic heterocycles. The lowest BCUT2D eigenvalue weighted by molar-refractivity contribution is 0.0168. The molecule has 0 fully saturated rings. The number of carbonyl (C=O) groups is 1. The first-order valence-corrected chi connectivity index (χ1v) is 4.47. The Morgan fingerprint density at radius 3 is 2.93 bits per heavy atom. The molecule has 0 aliphatic heterocycles. The first-order chi connectivity index (χ1) is 7.11. The van der Waals surface area contributed by atoms with Crippen LogP contribution in [0.3, 0.4) is 0 Å². The Morgan fingerprint density at radius 2 is 2.40 bits per heavy atom. The summed E-state index contributed by atoms with van der Waals surface area (Å²) >= 11 is 0. The summed E-state index contributed by atoms with van der Waals surface area (Å²) in [4.78, 5) is 15.3. The van der Waals surface area contributed by atoms with Crippen LogP contribution in [0, 0.1) is 0 Å². The number of aryl methyl sites for hydroxylation is 1. The highest BCUT2D eigenvalue weighted by molar-refractivity contribution is 5.92. The number of aromatic nitrogens is 2. The number of carbonyl (C=O) groups excluding carboxylic acids is 1. The number of ketones is 1. The summed E-state index contributed by atoms with van der Waals surface area (Å²) in [6, 6.07) is 0. The quantitative estimate of drug-likeness (QED) is 0.533. The minimum Gasteiger partial charge on any atom is -0.375 e. The molecule has 0 aliphatic carbocycles. The summed E-state index contributed by atoms with van der Waals surface area (Å²) in [6.45, 7) is -0.635. The van der Waals surface area contributed by atoms with Crippen molar-refractivity contribution in [2.45, 2.75) is 12.8 Å². The van der Waals surface area contributed by atoms with E-state index in [1.807, 2.05) is 0 Å². The Labute approximate surface area is 85.9 Å². The number of alkyl halides is 2. The van der Waals surface area contributed by atoms with Crippen LogP contribution < -0.4 is 0 Å². The Hall–Kier alpha value is -1.30. The second kappa shape index (κ2) is 5.55. The molecule has 0 N–H and O–H groups in total. The molecule has 0 unspecified atom stereocenters. The van der Waals surface area contributed by atoms with Gasteiger partial charge in [0.05, 0.1) is 6.61 Å². The van der Waals surface area contributed by atoms with Gasteiger partial charge >= 0.3 is 0 Å². The van der Waals surface area contributed by atoms with Crippen LogP contribution >= 0.6 is 0 Å². The number of hydrogen-bond acceptors (Lipinski definition) is 3. The lowest BCUT2D eigenvalue weighted by Gasteiger charge is -2.02. The summed E-state index contributed by atoms with van der Waals surface area (Å²) in [7, 11) is 1.69. The normalized spacial score (nSPS) is 10.9. The van der Waals surface area contributed by atoms with Crippen molar-refractivity contribution in [2.24, 2.45) is 7.05 Å². The zero-order valence-corrected chi connectivity index (χ0v) is 8.32. The predicted molar refractivity (Wildman–Crippen MR) is 49.0 cm³/mol. The summed E-state index contributed by atoms with van der Waals surface area (Å²) in [5.74, 6) is 0.104. The second-order valence-electron chi connectivity index (χ2n) is 3.00. The van der Waals surface area contributed by atoms with Crippen molar-refractivity contribution in [1.82, 2.24) is 9.55 Å². The summed E-state index contributed by atoms with van der Waals surface area (Å²) < 4.78 is 29.5. The van der Waals surface area contributed by atoms with Gasteiger partial charge in [0.15, 0.2) is 5.82 Å². The molecule has 0 saturated heterocycles. The number of nitrogens with zero attached hydrogens (tertiary/aromatic N) is 2. The molecule has 6 heteroatoms. The highest BCUT2D eigenvalue weighted by atomic mass is 19.3. The second-order valence-corrected chi connectivity index (χ2v) is 3.00. The smallest absolute Gasteiger partial charge is 0.261 e. The van der Waals surface area contributed by atoms with Gasteiger partial charge in [0, 0.05) is 25.9 Å². The van der Waals surface area contributed by atoms with Crippen LogP contribution in [-0.2, 0) is 11.8 Å². The van der Waals surface area contributed by atoms with Crippen LogP contribution in [0.25, 0.3) is 0 Å². The number of Topliss-reactive ketones (excluding diaryl/α,β-unsaturated/α-hetero) is 1.